The summed E-state index contributed by atoms with van der Waals surface area (Å²) in [6.07, 6.45) is 1.49. The van der Waals surface area contributed by atoms with Crippen LogP contribution in [0.5, 0.6) is 0 Å². The van der Waals surface area contributed by atoms with Crippen LogP contribution >= 0.6 is 0 Å². The monoisotopic (exact) mass is 226 g/mol. The molecular formula is C12H10N4O. The van der Waals surface area contributed by atoms with Crippen molar-refractivity contribution in [1.82, 2.24) is 10.2 Å². The first-order valence-corrected chi connectivity index (χ1v) is 5.02. The third kappa shape index (κ3) is 2.32. The topological polar surface area (TPSA) is 84.8 Å². The molecule has 0 saturated carbocycles. The Morgan fingerprint density at radius 2 is 2.24 bits per heavy atom. The van der Waals surface area contributed by atoms with Crippen molar-refractivity contribution in [1.29, 1.82) is 5.26 Å². The number of aromatic nitrogens is 2. The second kappa shape index (κ2) is 4.49. The molecule has 0 unspecified atom stereocenters. The summed E-state index contributed by atoms with van der Waals surface area (Å²) in [7, 11) is 0. The quantitative estimate of drug-likeness (QED) is 0.762. The van der Waals surface area contributed by atoms with Crippen LogP contribution in [0.2, 0.25) is 0 Å². The van der Waals surface area contributed by atoms with E-state index in [1.165, 1.54) is 6.21 Å². The predicted molar refractivity (Wildman–Crippen MR) is 64.6 cm³/mol. The molecule has 0 bridgehead atoms. The van der Waals surface area contributed by atoms with Gasteiger partial charge >= 0.3 is 0 Å². The molecule has 0 fully saturated rings. The molecule has 0 radical (unpaired) electrons. The van der Waals surface area contributed by atoms with Crippen LogP contribution in [-0.4, -0.2) is 16.4 Å². The molecule has 0 amide bonds. The molecule has 0 spiro atoms. The Kier molecular flexibility index (Phi) is 2.88. The minimum atomic E-state index is -0.206. The lowest BCUT2D eigenvalue weighted by molar-refractivity contribution is 1.02. The van der Waals surface area contributed by atoms with Crippen molar-refractivity contribution < 1.29 is 0 Å². The highest BCUT2D eigenvalue weighted by Gasteiger charge is 2.01. The number of nitriles is 1. The van der Waals surface area contributed by atoms with Gasteiger partial charge in [0.15, 0.2) is 0 Å². The minimum Gasteiger partial charge on any atom is -0.302 e. The summed E-state index contributed by atoms with van der Waals surface area (Å²) in [5.41, 5.74) is 2.20. The van der Waals surface area contributed by atoms with E-state index in [4.69, 9.17) is 5.26 Å². The first-order chi connectivity index (χ1) is 8.20. The van der Waals surface area contributed by atoms with Gasteiger partial charge in [-0.25, -0.2) is 0 Å². The molecule has 5 nitrogen and oxygen atoms in total. The van der Waals surface area contributed by atoms with Crippen LogP contribution in [0.25, 0.3) is 0 Å². The number of nitrogens with one attached hydrogen (secondary N) is 2. The van der Waals surface area contributed by atoms with E-state index in [-0.39, 0.29) is 5.56 Å². The van der Waals surface area contributed by atoms with Crippen LogP contribution in [0.1, 0.15) is 16.8 Å². The normalized spacial score (nSPS) is 10.6. The van der Waals surface area contributed by atoms with Gasteiger partial charge in [0, 0.05) is 11.9 Å². The zero-order valence-electron chi connectivity index (χ0n) is 9.19. The molecule has 0 aliphatic heterocycles. The molecule has 2 rings (SSSR count). The van der Waals surface area contributed by atoms with Crippen molar-refractivity contribution >= 4 is 11.9 Å². The number of aliphatic imine (C=N–C) groups is 1. The Morgan fingerprint density at radius 3 is 2.88 bits per heavy atom. The van der Waals surface area contributed by atoms with E-state index in [2.05, 4.69) is 15.2 Å². The molecule has 2 aromatic rings. The van der Waals surface area contributed by atoms with Crippen LogP contribution in [-0.2, 0) is 0 Å². The lowest BCUT2D eigenvalue weighted by Crippen LogP contribution is -2.04. The zero-order valence-corrected chi connectivity index (χ0v) is 9.19. The first kappa shape index (κ1) is 10.9. The van der Waals surface area contributed by atoms with Gasteiger partial charge in [0.1, 0.15) is 0 Å². The Morgan fingerprint density at radius 1 is 1.41 bits per heavy atom. The maximum Gasteiger partial charge on any atom is 0.272 e. The van der Waals surface area contributed by atoms with Gasteiger partial charge in [0.05, 0.1) is 22.9 Å². The highest BCUT2D eigenvalue weighted by atomic mass is 16.1. The molecule has 0 aliphatic rings. The van der Waals surface area contributed by atoms with Crippen molar-refractivity contribution in [3.63, 3.8) is 0 Å². The first-order valence-electron chi connectivity index (χ1n) is 5.02. The van der Waals surface area contributed by atoms with E-state index in [1.54, 1.807) is 31.2 Å². The lowest BCUT2D eigenvalue weighted by Gasteiger charge is -1.93. The maximum atomic E-state index is 11.4. The summed E-state index contributed by atoms with van der Waals surface area (Å²) in [6, 6.07) is 8.92. The third-order valence-electron chi connectivity index (χ3n) is 2.33. The van der Waals surface area contributed by atoms with Crippen LogP contribution in [0, 0.1) is 18.3 Å². The number of aromatic amines is 2. The van der Waals surface area contributed by atoms with E-state index in [9.17, 15) is 4.79 Å². The number of nitrogens with zero attached hydrogens (tertiary/aromatic N) is 2. The summed E-state index contributed by atoms with van der Waals surface area (Å²) in [4.78, 5) is 15.5. The molecule has 1 heterocycles. The standard InChI is InChI=1S/C12H10N4O/c1-8-11(12(17)16-15-8)7-14-10-4-2-3-9(5-10)6-13/h2-5,7H,1H3,(H2,15,16,17). The summed E-state index contributed by atoms with van der Waals surface area (Å²) < 4.78 is 0. The van der Waals surface area contributed by atoms with Crippen molar-refractivity contribution in [2.24, 2.45) is 4.99 Å². The average Bonchev–Trinajstić information content (AvgIpc) is 2.67. The van der Waals surface area contributed by atoms with Gasteiger partial charge in [-0.15, -0.1) is 0 Å². The number of benzene rings is 1. The SMILES string of the molecule is Cc1[nH][nH]c(=O)c1C=Nc1cccc(C#N)c1. The van der Waals surface area contributed by atoms with Crippen molar-refractivity contribution in [3.05, 3.63) is 51.4 Å². The number of H-pyrrole nitrogens is 2. The summed E-state index contributed by atoms with van der Waals surface area (Å²) in [6.45, 7) is 1.78. The molecule has 1 aromatic carbocycles. The molecule has 0 atom stereocenters. The molecule has 0 saturated heterocycles. The Hall–Kier alpha value is -2.61. The van der Waals surface area contributed by atoms with Crippen LogP contribution < -0.4 is 5.56 Å². The molecule has 1 aromatic heterocycles. The second-order valence-electron chi connectivity index (χ2n) is 3.54. The zero-order chi connectivity index (χ0) is 12.3. The van der Waals surface area contributed by atoms with E-state index in [0.29, 0.717) is 16.8 Å². The Bertz CT molecular complexity index is 658. The van der Waals surface area contributed by atoms with E-state index >= 15 is 0 Å². The van der Waals surface area contributed by atoms with Crippen molar-refractivity contribution in [2.45, 2.75) is 6.92 Å². The van der Waals surface area contributed by atoms with Crippen LogP contribution in [0.15, 0.2) is 34.1 Å². The van der Waals surface area contributed by atoms with Crippen LogP contribution in [0.4, 0.5) is 5.69 Å². The summed E-state index contributed by atoms with van der Waals surface area (Å²) in [5, 5.41) is 13.9. The smallest absolute Gasteiger partial charge is 0.272 e. The maximum absolute atomic E-state index is 11.4. The summed E-state index contributed by atoms with van der Waals surface area (Å²) in [5.74, 6) is 0. The van der Waals surface area contributed by atoms with Gasteiger partial charge in [-0.2, -0.15) is 5.26 Å². The van der Waals surface area contributed by atoms with Crippen LogP contribution in [0.3, 0.4) is 0 Å². The van der Waals surface area contributed by atoms with Crippen molar-refractivity contribution in [2.75, 3.05) is 0 Å². The second-order valence-corrected chi connectivity index (χ2v) is 3.54. The number of rotatable bonds is 2. The highest BCUT2D eigenvalue weighted by molar-refractivity contribution is 5.82. The third-order valence-corrected chi connectivity index (χ3v) is 2.33. The van der Waals surface area contributed by atoms with Gasteiger partial charge < -0.3 is 5.10 Å². The number of hydrogen-bond donors (Lipinski definition) is 2. The minimum absolute atomic E-state index is 0.206. The molecule has 0 aliphatic carbocycles. The van der Waals surface area contributed by atoms with E-state index in [0.717, 1.165) is 5.69 Å². The largest absolute Gasteiger partial charge is 0.302 e. The Labute approximate surface area is 97.4 Å². The molecular weight excluding hydrogens is 216 g/mol. The highest BCUT2D eigenvalue weighted by Crippen LogP contribution is 2.13. The fourth-order valence-electron chi connectivity index (χ4n) is 1.41. The van der Waals surface area contributed by atoms with E-state index < -0.39 is 0 Å². The molecule has 5 heteroatoms. The lowest BCUT2D eigenvalue weighted by atomic mass is 10.2. The average molecular weight is 226 g/mol. The van der Waals surface area contributed by atoms with E-state index in [1.807, 2.05) is 6.07 Å². The number of aryl methyl sites for hydroxylation is 1. The molecule has 84 valence electrons. The van der Waals surface area contributed by atoms with Gasteiger partial charge in [-0.05, 0) is 25.1 Å². The molecule has 17 heavy (non-hydrogen) atoms. The predicted octanol–water partition coefficient (Wildman–Crippen LogP) is 1.63. The van der Waals surface area contributed by atoms with Gasteiger partial charge in [0.2, 0.25) is 0 Å². The van der Waals surface area contributed by atoms with Gasteiger partial charge in [-0.1, -0.05) is 6.07 Å². The van der Waals surface area contributed by atoms with Gasteiger partial charge in [0.25, 0.3) is 5.56 Å². The molecule has 2 N–H and O–H groups in total. The van der Waals surface area contributed by atoms with Crippen molar-refractivity contribution in [3.8, 4) is 6.07 Å². The fraction of sp³-hybridized carbons (Fsp3) is 0.0833. The fourth-order valence-corrected chi connectivity index (χ4v) is 1.41. The summed E-state index contributed by atoms with van der Waals surface area (Å²) >= 11 is 0. The Balaban J connectivity index is 2.33. The van der Waals surface area contributed by atoms with Gasteiger partial charge in [-0.3, -0.25) is 14.9 Å². The number of hydrogen-bond acceptors (Lipinski definition) is 3.